The number of fused-ring (bicyclic) bond motifs is 6. The Morgan fingerprint density at radius 1 is 0.714 bits per heavy atom. The number of nitrogens with zero attached hydrogens (tertiary/aromatic N) is 3. The molecule has 11 rings (SSSR count). The normalized spacial score (nSPS) is 12.2. The number of thiophene rings is 1. The zero-order valence-corrected chi connectivity index (χ0v) is 46.4. The first kappa shape index (κ1) is 47.6. The van der Waals surface area contributed by atoms with E-state index in [2.05, 4.69) is 176 Å². The molecule has 0 bridgehead atoms. The maximum Gasteiger partial charge on any atom is 0 e. The third-order valence-electron chi connectivity index (χ3n) is 13.0. The van der Waals surface area contributed by atoms with Gasteiger partial charge in [-0.1, -0.05) is 111 Å². The monoisotopic (exact) mass is 1170 g/mol. The Labute approximate surface area is 433 Å². The van der Waals surface area contributed by atoms with Crippen molar-refractivity contribution >= 4 is 71.0 Å². The summed E-state index contributed by atoms with van der Waals surface area (Å²) < 4.78 is 29.0. The van der Waals surface area contributed by atoms with Gasteiger partial charge in [-0.05, 0) is 92.5 Å². The molecule has 11 aromatic rings. The molecule has 7 heteroatoms. The average Bonchev–Trinajstić information content (AvgIpc) is 3.92. The molecule has 1 radical (unpaired) electrons. The predicted octanol–water partition coefficient (Wildman–Crippen LogP) is 17.3. The second-order valence-corrected chi connectivity index (χ2v) is 31.9. The van der Waals surface area contributed by atoms with Crippen LogP contribution in [0.1, 0.15) is 58.6 Å². The third kappa shape index (κ3) is 9.47. The van der Waals surface area contributed by atoms with E-state index in [9.17, 15) is 4.39 Å². The molecule has 0 unspecified atom stereocenters. The molecule has 0 fully saturated rings. The Kier molecular flexibility index (Phi) is 13.4. The van der Waals surface area contributed by atoms with Crippen molar-refractivity contribution in [1.29, 1.82) is 0 Å². The molecular weight excluding hydrogens is 1110 g/mol. The van der Waals surface area contributed by atoms with Crippen LogP contribution in [0.3, 0.4) is 0 Å². The van der Waals surface area contributed by atoms with E-state index in [4.69, 9.17) is 6.35 Å². The van der Waals surface area contributed by atoms with Crippen LogP contribution in [0.25, 0.3) is 92.6 Å². The Morgan fingerprint density at radius 3 is 2.01 bits per heavy atom. The van der Waals surface area contributed by atoms with Crippen molar-refractivity contribution in [3.05, 3.63) is 205 Å². The molecule has 70 heavy (non-hydrogen) atoms. The molecule has 3 heterocycles. The number of halogens is 1. The quantitative estimate of drug-likeness (QED) is 0.118. The molecule has 0 aliphatic rings. The number of aromatic nitrogens is 3. The van der Waals surface area contributed by atoms with Crippen molar-refractivity contribution in [2.45, 2.75) is 70.1 Å². The molecule has 351 valence electrons. The van der Waals surface area contributed by atoms with Crippen LogP contribution in [0.2, 0.25) is 17.3 Å². The molecule has 0 spiro atoms. The van der Waals surface area contributed by atoms with Gasteiger partial charge in [-0.25, -0.2) is 4.39 Å². The molecule has 8 aromatic carbocycles. The summed E-state index contributed by atoms with van der Waals surface area (Å²) in [6, 6.07) is 62.8. The van der Waals surface area contributed by atoms with E-state index < -0.39 is 19.2 Å². The maximum atomic E-state index is 14.5. The third-order valence-corrected chi connectivity index (χ3v) is 18.4. The van der Waals surface area contributed by atoms with Crippen molar-refractivity contribution in [3.8, 4) is 50.6 Å². The Balaban J connectivity index is 0.000000251. The van der Waals surface area contributed by atoms with E-state index in [0.29, 0.717) is 0 Å². The summed E-state index contributed by atoms with van der Waals surface area (Å²) in [5.74, 6) is 7.00. The van der Waals surface area contributed by atoms with Gasteiger partial charge in [0.05, 0.1) is 22.5 Å². The fourth-order valence-electron chi connectivity index (χ4n) is 9.40. The van der Waals surface area contributed by atoms with Crippen LogP contribution in [-0.4, -0.2) is 27.8 Å². The van der Waals surface area contributed by atoms with Crippen LogP contribution in [0, 0.1) is 24.9 Å². The van der Waals surface area contributed by atoms with Crippen LogP contribution in [-0.2, 0) is 25.5 Å². The Hall–Kier alpha value is -6.02. The number of pyridine rings is 1. The molecule has 3 aromatic heterocycles. The summed E-state index contributed by atoms with van der Waals surface area (Å²) >= 11 is -0.236. The fourth-order valence-corrected chi connectivity index (χ4v) is 14.0. The van der Waals surface area contributed by atoms with E-state index in [0.717, 1.165) is 82.7 Å². The zero-order chi connectivity index (χ0) is 49.1. The summed E-state index contributed by atoms with van der Waals surface area (Å²) in [7, 11) is 0. The van der Waals surface area contributed by atoms with Gasteiger partial charge in [0.1, 0.15) is 5.82 Å². The van der Waals surface area contributed by atoms with Gasteiger partial charge < -0.3 is 4.57 Å². The van der Waals surface area contributed by atoms with Crippen LogP contribution >= 0.6 is 11.3 Å². The number of hydrogen-bond donors (Lipinski definition) is 0. The van der Waals surface area contributed by atoms with Gasteiger partial charge in [0.25, 0.3) is 0 Å². The number of rotatable bonds is 7. The van der Waals surface area contributed by atoms with Crippen molar-refractivity contribution in [2.75, 3.05) is 0 Å². The first-order valence-electron chi connectivity index (χ1n) is 24.2. The first-order chi connectivity index (χ1) is 33.4. The standard InChI is InChI=1S/C46H34FN2S.C17H22GeN.Ir/c1-28-18-21-35-36-16-11-17-37(44(36)50-41(35)24-28)45-48-42-34-22-20-33(47)25-31(34)19-23-40(42)49(45)43-38(29-12-7-5-8-13-29)26-32(46(2,3)4)27-39(43)30-14-9-6-10-15-30;1-13(2)15-11-17(14-9-7-6-8-10-14)19-12-16(15)18(3,4)5;/h5-16,18-27H,1-4H3;6-9,11-13H,1-5H3;/q2*-1;/i;13D;. The molecular formula is C63H56FGeIrN3S-2. The summed E-state index contributed by atoms with van der Waals surface area (Å²) in [4.78, 5) is 10.1. The van der Waals surface area contributed by atoms with Gasteiger partial charge in [-0.15, -0.1) is 18.2 Å². The van der Waals surface area contributed by atoms with Gasteiger partial charge in [-0.2, -0.15) is 11.3 Å². The molecule has 0 saturated carbocycles. The number of aryl methyl sites for hydroxylation is 1. The minimum Gasteiger partial charge on any atom is 0 e. The molecule has 0 amide bonds. The van der Waals surface area contributed by atoms with Crippen molar-refractivity contribution < 1.29 is 25.9 Å². The zero-order valence-electron chi connectivity index (χ0n) is 42.1. The van der Waals surface area contributed by atoms with Crippen LogP contribution in [0.4, 0.5) is 4.39 Å². The van der Waals surface area contributed by atoms with Crippen LogP contribution < -0.4 is 4.40 Å². The molecule has 0 aliphatic heterocycles. The van der Waals surface area contributed by atoms with E-state index in [1.807, 2.05) is 62.5 Å². The summed E-state index contributed by atoms with van der Waals surface area (Å²) in [6.07, 6.45) is 2.00. The van der Waals surface area contributed by atoms with Gasteiger partial charge in [0.2, 0.25) is 0 Å². The molecule has 0 N–H and O–H groups in total. The fraction of sp³-hybridized carbons (Fsp3) is 0.175. The van der Waals surface area contributed by atoms with E-state index in [1.165, 1.54) is 37.1 Å². The van der Waals surface area contributed by atoms with Crippen LogP contribution in [0.15, 0.2) is 170 Å². The predicted molar refractivity (Wildman–Crippen MR) is 296 cm³/mol. The molecule has 0 saturated heterocycles. The average molecular weight is 1170 g/mol. The van der Waals surface area contributed by atoms with E-state index in [1.54, 1.807) is 17.4 Å². The smallest absolute Gasteiger partial charge is 0 e. The SMILES string of the molecule is Cc1ccc2c(c1)sc1c(-c3nc4c5ccc(F)cc5ccc4n3-c3c(-c4ccccc4)cc(C(C)(C)C)cc3-c3ccccc3)[c-]ccc12.[2H]C(C)(C)c1cc(-c2[c-]cccc2)nc[c]1[Ge]([CH3])([CH3])[CH3].[Ir]. The van der Waals surface area contributed by atoms with Gasteiger partial charge in [0, 0.05) is 41.3 Å². The summed E-state index contributed by atoms with van der Waals surface area (Å²) in [6.45, 7) is 12.9. The molecule has 0 atom stereocenters. The van der Waals surface area contributed by atoms with Gasteiger partial charge in [0.15, 0.2) is 0 Å². The van der Waals surface area contributed by atoms with Gasteiger partial charge in [-0.3, -0.25) is 4.98 Å². The first-order valence-corrected chi connectivity index (χ1v) is 31.8. The minimum atomic E-state index is -2.03. The summed E-state index contributed by atoms with van der Waals surface area (Å²) in [5.41, 5.74) is 13.7. The van der Waals surface area contributed by atoms with Crippen LogP contribution in [0.5, 0.6) is 0 Å². The second kappa shape index (κ2) is 19.6. The van der Waals surface area contributed by atoms with Crippen molar-refractivity contribution in [1.82, 2.24) is 14.5 Å². The Bertz CT molecular complexity index is 3680. The minimum absolute atomic E-state index is 0. The van der Waals surface area contributed by atoms with E-state index >= 15 is 0 Å². The second-order valence-electron chi connectivity index (χ2n) is 20.3. The molecule has 0 aliphatic carbocycles. The van der Waals surface area contributed by atoms with Gasteiger partial charge >= 0.3 is 120 Å². The molecule has 3 nitrogen and oxygen atoms in total. The van der Waals surface area contributed by atoms with Crippen molar-refractivity contribution in [3.63, 3.8) is 0 Å². The number of imidazole rings is 1. The largest absolute Gasteiger partial charge is 0 e. The Morgan fingerprint density at radius 2 is 1.39 bits per heavy atom. The maximum absolute atomic E-state index is 14.5. The number of hydrogen-bond acceptors (Lipinski definition) is 3. The summed E-state index contributed by atoms with van der Waals surface area (Å²) in [5, 5.41) is 4.16. The van der Waals surface area contributed by atoms with E-state index in [-0.39, 0.29) is 31.3 Å². The van der Waals surface area contributed by atoms with Crippen molar-refractivity contribution in [2.24, 2.45) is 0 Å². The topological polar surface area (TPSA) is 30.7 Å². The number of benzene rings is 8.